The second kappa shape index (κ2) is 5.62. The van der Waals surface area contributed by atoms with E-state index in [1.54, 1.807) is 0 Å². The Kier molecular flexibility index (Phi) is 3.80. The molecule has 0 amide bonds. The van der Waals surface area contributed by atoms with E-state index in [2.05, 4.69) is 4.98 Å². The van der Waals surface area contributed by atoms with E-state index in [0.717, 1.165) is 18.4 Å². The maximum Gasteiger partial charge on any atom is 0.341 e. The lowest BCUT2D eigenvalue weighted by Crippen LogP contribution is -2.16. The molecule has 22 heavy (non-hydrogen) atoms. The predicted octanol–water partition coefficient (Wildman–Crippen LogP) is 2.13. The van der Waals surface area contributed by atoms with Crippen LogP contribution in [0.3, 0.4) is 0 Å². The Morgan fingerprint density at radius 2 is 2.18 bits per heavy atom. The number of pyridine rings is 1. The molecule has 0 aliphatic heterocycles. The largest absolute Gasteiger partial charge is 0.490 e. The SMILES string of the molecule is O=C(O)c1c[nH]c2c(C3CC3)c(Cl)c(OCCO)cc2c1=O. The van der Waals surface area contributed by atoms with Crippen LogP contribution in [0.4, 0.5) is 0 Å². The van der Waals surface area contributed by atoms with Crippen LogP contribution in [0.2, 0.25) is 5.02 Å². The number of hydrogen-bond acceptors (Lipinski definition) is 4. The number of carboxylic acids is 1. The van der Waals surface area contributed by atoms with Gasteiger partial charge in [0.2, 0.25) is 5.43 Å². The van der Waals surface area contributed by atoms with Crippen LogP contribution in [0.15, 0.2) is 17.1 Å². The van der Waals surface area contributed by atoms with Gasteiger partial charge < -0.3 is 19.9 Å². The van der Waals surface area contributed by atoms with E-state index in [9.17, 15) is 9.59 Å². The summed E-state index contributed by atoms with van der Waals surface area (Å²) in [5.74, 6) is -0.763. The minimum absolute atomic E-state index is 0.0475. The fourth-order valence-electron chi connectivity index (χ4n) is 2.52. The summed E-state index contributed by atoms with van der Waals surface area (Å²) < 4.78 is 5.39. The molecule has 116 valence electrons. The summed E-state index contributed by atoms with van der Waals surface area (Å²) in [6.45, 7) is -0.134. The number of aromatic nitrogens is 1. The summed E-state index contributed by atoms with van der Waals surface area (Å²) in [6, 6.07) is 1.44. The van der Waals surface area contributed by atoms with E-state index < -0.39 is 11.4 Å². The van der Waals surface area contributed by atoms with Gasteiger partial charge in [-0.2, -0.15) is 0 Å². The molecule has 1 saturated carbocycles. The molecule has 6 nitrogen and oxygen atoms in total. The zero-order valence-electron chi connectivity index (χ0n) is 11.6. The van der Waals surface area contributed by atoms with Gasteiger partial charge >= 0.3 is 5.97 Å². The minimum Gasteiger partial charge on any atom is -0.490 e. The molecule has 0 atom stereocenters. The van der Waals surface area contributed by atoms with Gasteiger partial charge in [0.05, 0.1) is 22.5 Å². The smallest absolute Gasteiger partial charge is 0.341 e. The second-order valence-corrected chi connectivity index (χ2v) is 5.59. The lowest BCUT2D eigenvalue weighted by atomic mass is 10.0. The molecule has 3 rings (SSSR count). The summed E-state index contributed by atoms with van der Waals surface area (Å²) in [7, 11) is 0. The van der Waals surface area contributed by atoms with Crippen molar-refractivity contribution in [2.24, 2.45) is 0 Å². The van der Waals surface area contributed by atoms with E-state index in [1.165, 1.54) is 12.3 Å². The monoisotopic (exact) mass is 323 g/mol. The van der Waals surface area contributed by atoms with Crippen molar-refractivity contribution in [3.05, 3.63) is 38.6 Å². The van der Waals surface area contributed by atoms with E-state index in [0.29, 0.717) is 10.5 Å². The molecule has 0 spiro atoms. The van der Waals surface area contributed by atoms with Crippen molar-refractivity contribution >= 4 is 28.5 Å². The number of nitrogens with one attached hydrogen (secondary N) is 1. The van der Waals surface area contributed by atoms with Gasteiger partial charge in [0.1, 0.15) is 17.9 Å². The first-order valence-corrected chi connectivity index (χ1v) is 7.27. The van der Waals surface area contributed by atoms with E-state index in [4.69, 9.17) is 26.6 Å². The maximum atomic E-state index is 12.4. The van der Waals surface area contributed by atoms with Crippen LogP contribution in [-0.4, -0.2) is 34.4 Å². The van der Waals surface area contributed by atoms with Crippen molar-refractivity contribution in [3.63, 3.8) is 0 Å². The predicted molar refractivity (Wildman–Crippen MR) is 81.1 cm³/mol. The number of benzene rings is 1. The summed E-state index contributed by atoms with van der Waals surface area (Å²) in [5.41, 5.74) is 0.429. The average Bonchev–Trinajstić information content (AvgIpc) is 3.30. The fraction of sp³-hybridized carbons (Fsp3) is 0.333. The molecule has 1 aromatic carbocycles. The van der Waals surface area contributed by atoms with Crippen molar-refractivity contribution < 1.29 is 19.7 Å². The molecule has 0 radical (unpaired) electrons. The molecule has 1 fully saturated rings. The number of carbonyl (C=O) groups is 1. The number of aliphatic hydroxyl groups is 1. The summed E-state index contributed by atoms with van der Waals surface area (Å²) in [6.07, 6.45) is 3.12. The molecule has 7 heteroatoms. The van der Waals surface area contributed by atoms with Crippen molar-refractivity contribution in [3.8, 4) is 5.75 Å². The molecule has 0 saturated heterocycles. The third-order valence-corrected chi connectivity index (χ3v) is 4.07. The quantitative estimate of drug-likeness (QED) is 0.782. The number of aromatic amines is 1. The Morgan fingerprint density at radius 3 is 2.77 bits per heavy atom. The Hall–Kier alpha value is -2.05. The first kappa shape index (κ1) is 14.9. The first-order valence-electron chi connectivity index (χ1n) is 6.89. The zero-order valence-corrected chi connectivity index (χ0v) is 12.3. The number of H-pyrrole nitrogens is 1. The molecule has 1 aromatic heterocycles. The fourth-order valence-corrected chi connectivity index (χ4v) is 2.88. The Labute approximate surface area is 130 Å². The van der Waals surface area contributed by atoms with Gasteiger partial charge in [-0.15, -0.1) is 0 Å². The van der Waals surface area contributed by atoms with Gasteiger partial charge in [-0.05, 0) is 24.8 Å². The highest BCUT2D eigenvalue weighted by atomic mass is 35.5. The highest BCUT2D eigenvalue weighted by molar-refractivity contribution is 6.34. The Balaban J connectivity index is 2.29. The Morgan fingerprint density at radius 1 is 1.45 bits per heavy atom. The minimum atomic E-state index is -1.29. The third kappa shape index (κ3) is 2.44. The number of halogens is 1. The molecule has 2 aromatic rings. The van der Waals surface area contributed by atoms with Crippen molar-refractivity contribution in [1.29, 1.82) is 0 Å². The lowest BCUT2D eigenvalue weighted by Gasteiger charge is -2.14. The van der Waals surface area contributed by atoms with Crippen LogP contribution >= 0.6 is 11.6 Å². The van der Waals surface area contributed by atoms with Crippen LogP contribution in [0.5, 0.6) is 5.75 Å². The average molecular weight is 324 g/mol. The van der Waals surface area contributed by atoms with Crippen LogP contribution in [0.25, 0.3) is 10.9 Å². The van der Waals surface area contributed by atoms with Gasteiger partial charge in [0.15, 0.2) is 0 Å². The standard InChI is InChI=1S/C15H14ClNO5/c16-12-10(22-4-3-18)5-8-13(11(12)7-1-2-7)17-6-9(14(8)19)15(20)21/h5-7,18H,1-4H2,(H,17,19)(H,20,21). The van der Waals surface area contributed by atoms with Gasteiger partial charge in [-0.3, -0.25) is 4.79 Å². The highest BCUT2D eigenvalue weighted by Crippen LogP contribution is 2.48. The van der Waals surface area contributed by atoms with E-state index in [-0.39, 0.29) is 35.8 Å². The van der Waals surface area contributed by atoms with Gasteiger partial charge in [-0.25, -0.2) is 4.79 Å². The summed E-state index contributed by atoms with van der Waals surface area (Å²) in [4.78, 5) is 26.3. The lowest BCUT2D eigenvalue weighted by molar-refractivity contribution is 0.0695. The molecule has 1 heterocycles. The zero-order chi connectivity index (χ0) is 15.9. The molecule has 0 unspecified atom stereocenters. The number of carboxylic acid groups (broad SMARTS) is 1. The van der Waals surface area contributed by atoms with Crippen LogP contribution in [0, 0.1) is 0 Å². The van der Waals surface area contributed by atoms with Crippen molar-refractivity contribution in [2.75, 3.05) is 13.2 Å². The van der Waals surface area contributed by atoms with Gasteiger partial charge in [0.25, 0.3) is 0 Å². The number of ether oxygens (including phenoxy) is 1. The number of aromatic carboxylic acids is 1. The van der Waals surface area contributed by atoms with Crippen LogP contribution < -0.4 is 10.2 Å². The van der Waals surface area contributed by atoms with Gasteiger partial charge in [-0.1, -0.05) is 11.6 Å². The number of fused-ring (bicyclic) bond motifs is 1. The molecular weight excluding hydrogens is 310 g/mol. The second-order valence-electron chi connectivity index (χ2n) is 5.21. The molecule has 1 aliphatic rings. The van der Waals surface area contributed by atoms with Crippen molar-refractivity contribution in [2.45, 2.75) is 18.8 Å². The molecule has 1 aliphatic carbocycles. The highest BCUT2D eigenvalue weighted by Gasteiger charge is 2.31. The molecular formula is C15H14ClNO5. The van der Waals surface area contributed by atoms with E-state index in [1.807, 2.05) is 0 Å². The summed E-state index contributed by atoms with van der Waals surface area (Å²) >= 11 is 6.37. The molecule has 0 bridgehead atoms. The Bertz CT molecular complexity index is 810. The number of hydrogen-bond donors (Lipinski definition) is 3. The van der Waals surface area contributed by atoms with Crippen molar-refractivity contribution in [1.82, 2.24) is 4.98 Å². The first-order chi connectivity index (χ1) is 10.5. The van der Waals surface area contributed by atoms with E-state index >= 15 is 0 Å². The maximum absolute atomic E-state index is 12.4. The normalized spacial score (nSPS) is 14.3. The summed E-state index contributed by atoms with van der Waals surface area (Å²) in [5, 5.41) is 18.6. The molecule has 3 N–H and O–H groups in total. The van der Waals surface area contributed by atoms with Crippen LogP contribution in [-0.2, 0) is 0 Å². The topological polar surface area (TPSA) is 99.6 Å². The third-order valence-electron chi connectivity index (χ3n) is 3.68. The van der Waals surface area contributed by atoms with Gasteiger partial charge in [0, 0.05) is 11.8 Å². The number of rotatable bonds is 5. The van der Waals surface area contributed by atoms with Crippen LogP contribution in [0.1, 0.15) is 34.7 Å². The number of aliphatic hydroxyl groups excluding tert-OH is 1.